The second kappa shape index (κ2) is 28.3. The zero-order chi connectivity index (χ0) is 55.5. The summed E-state index contributed by atoms with van der Waals surface area (Å²) < 4.78 is 52.2. The Morgan fingerprint density at radius 1 is 0.636 bits per heavy atom. The number of anilines is 3. The van der Waals surface area contributed by atoms with E-state index < -0.39 is 17.6 Å². The van der Waals surface area contributed by atoms with Crippen LogP contribution in [0.1, 0.15) is 69.5 Å². The number of nitrogens with one attached hydrogen (secondary N) is 2. The van der Waals surface area contributed by atoms with E-state index in [0.29, 0.717) is 48.3 Å². The van der Waals surface area contributed by atoms with Gasteiger partial charge in [-0.1, -0.05) is 96.2 Å². The third kappa shape index (κ3) is 18.0. The van der Waals surface area contributed by atoms with Crippen molar-refractivity contribution in [2.45, 2.75) is 58.5 Å². The number of hydrogen-bond acceptors (Lipinski definition) is 13. The molecule has 0 amide bonds. The van der Waals surface area contributed by atoms with Crippen molar-refractivity contribution in [2.75, 3.05) is 4.90 Å². The summed E-state index contributed by atoms with van der Waals surface area (Å²) in [4.78, 5) is 51.0. The van der Waals surface area contributed by atoms with E-state index in [1.807, 2.05) is 24.3 Å². The molecule has 77 heavy (non-hydrogen) atoms. The van der Waals surface area contributed by atoms with Crippen LogP contribution in [0.3, 0.4) is 0 Å². The third-order valence-electron chi connectivity index (χ3n) is 10.9. The van der Waals surface area contributed by atoms with Crippen LogP contribution in [0.5, 0.6) is 5.75 Å². The number of allylic oxidation sites excluding steroid dienone is 1. The molecular formula is C58H51F3N8O6RuS. The molecule has 4 heterocycles. The average Bonchev–Trinajstić information content (AvgIpc) is 3.40. The van der Waals surface area contributed by atoms with Gasteiger partial charge in [-0.25, -0.2) is 4.98 Å². The first-order valence-electron chi connectivity index (χ1n) is 22.9. The van der Waals surface area contributed by atoms with Crippen molar-refractivity contribution in [1.82, 2.24) is 19.9 Å². The fraction of sp³-hybridized carbons (Fsp3) is 0.155. The molecule has 14 nitrogen and oxygen atoms in total. The SMILES string of the molecule is CC(C)(C)c1ccc(N(c2ccc(-c3ccc(/C([NH-])=C/C(=N)C(F)(F)F)nc3)cc2)c2ccc(C(C)(C)C)cc2)cc1.O=CO/C=C/c1ccnc(-c2cc(OC=O)cc(-c3cc(/C=C/OC=O)ccn3)n2)c1.[N-]=C=S.[Ru+2]. The molecule has 0 unspecified atom stereocenters. The van der Waals surface area contributed by atoms with E-state index in [1.165, 1.54) is 41.1 Å². The van der Waals surface area contributed by atoms with Gasteiger partial charge in [-0.2, -0.15) is 18.3 Å². The van der Waals surface area contributed by atoms with Crippen LogP contribution in [-0.4, -0.2) is 56.4 Å². The zero-order valence-electron chi connectivity index (χ0n) is 42.4. The Hall–Kier alpha value is -8.63. The van der Waals surface area contributed by atoms with E-state index in [4.69, 9.17) is 21.3 Å². The van der Waals surface area contributed by atoms with E-state index in [-0.39, 0.29) is 41.8 Å². The number of carbonyl (C=O) groups is 3. The quantitative estimate of drug-likeness (QED) is 0.0316. The second-order valence-corrected chi connectivity index (χ2v) is 18.5. The predicted molar refractivity (Wildman–Crippen MR) is 294 cm³/mol. The van der Waals surface area contributed by atoms with Crippen molar-refractivity contribution in [1.29, 1.82) is 5.41 Å². The topological polar surface area (TPSA) is 204 Å². The molecule has 0 aliphatic carbocycles. The summed E-state index contributed by atoms with van der Waals surface area (Å²) in [5, 5.41) is 15.6. The number of halogens is 3. The zero-order valence-corrected chi connectivity index (χ0v) is 45.0. The van der Waals surface area contributed by atoms with Gasteiger partial charge in [0, 0.05) is 59.0 Å². The fourth-order valence-corrected chi connectivity index (χ4v) is 7.07. The van der Waals surface area contributed by atoms with Crippen molar-refractivity contribution < 1.29 is 61.2 Å². The van der Waals surface area contributed by atoms with E-state index >= 15 is 0 Å². The Balaban J connectivity index is 0.000000325. The molecule has 0 aliphatic heterocycles. The Kier molecular flexibility index (Phi) is 22.4. The maximum atomic E-state index is 12.7. The second-order valence-electron chi connectivity index (χ2n) is 18.3. The van der Waals surface area contributed by atoms with E-state index in [9.17, 15) is 27.6 Å². The van der Waals surface area contributed by atoms with Gasteiger partial charge in [0.15, 0.2) is 0 Å². The first kappa shape index (κ1) is 60.9. The molecule has 4 aromatic heterocycles. The number of benzene rings is 3. The third-order valence-corrected chi connectivity index (χ3v) is 10.9. The van der Waals surface area contributed by atoms with Crippen molar-refractivity contribution in [3.63, 3.8) is 0 Å². The van der Waals surface area contributed by atoms with Gasteiger partial charge >= 0.3 is 25.7 Å². The van der Waals surface area contributed by atoms with Crippen molar-refractivity contribution in [3.05, 3.63) is 198 Å². The summed E-state index contributed by atoms with van der Waals surface area (Å²) in [5.41, 5.74) is 16.5. The number of ether oxygens (including phenoxy) is 3. The van der Waals surface area contributed by atoms with Crippen LogP contribution < -0.4 is 9.64 Å². The van der Waals surface area contributed by atoms with E-state index in [0.717, 1.165) is 39.3 Å². The summed E-state index contributed by atoms with van der Waals surface area (Å²) in [6.07, 6.45) is 6.00. The number of hydrogen-bond donors (Lipinski definition) is 1. The first-order chi connectivity index (χ1) is 36.2. The van der Waals surface area contributed by atoms with Crippen LogP contribution in [0.2, 0.25) is 0 Å². The molecule has 394 valence electrons. The number of pyridine rings is 4. The van der Waals surface area contributed by atoms with Crippen molar-refractivity contribution in [2.24, 2.45) is 0 Å². The maximum absolute atomic E-state index is 12.7. The number of thiocarbonyl (C=S) groups is 1. The number of rotatable bonds is 16. The normalized spacial score (nSPS) is 11.4. The maximum Gasteiger partial charge on any atom is 2.00 e. The average molecular weight is 1150 g/mol. The molecule has 0 radical (unpaired) electrons. The van der Waals surface area contributed by atoms with Crippen LogP contribution in [0.25, 0.3) is 62.9 Å². The van der Waals surface area contributed by atoms with Gasteiger partial charge in [-0.15, -0.1) is 5.70 Å². The molecule has 0 atom stereocenters. The molecule has 0 aliphatic rings. The monoisotopic (exact) mass is 1150 g/mol. The van der Waals surface area contributed by atoms with Gasteiger partial charge in [-0.3, -0.25) is 34.7 Å². The molecule has 2 N–H and O–H groups in total. The van der Waals surface area contributed by atoms with Crippen LogP contribution >= 0.6 is 12.2 Å². The molecule has 0 saturated heterocycles. The van der Waals surface area contributed by atoms with Gasteiger partial charge in [0.2, 0.25) is 0 Å². The Morgan fingerprint density at radius 2 is 1.06 bits per heavy atom. The number of alkyl halides is 3. The van der Waals surface area contributed by atoms with Gasteiger partial charge in [0.1, 0.15) is 11.5 Å². The first-order valence-corrected chi connectivity index (χ1v) is 23.3. The summed E-state index contributed by atoms with van der Waals surface area (Å²) in [6.45, 7) is 14.1. The smallest absolute Gasteiger partial charge is 0.753 e. The van der Waals surface area contributed by atoms with E-state index in [1.54, 1.807) is 67.0 Å². The molecule has 0 bridgehead atoms. The number of nitrogens with zero attached hydrogens (tertiary/aromatic N) is 6. The molecule has 7 rings (SSSR count). The summed E-state index contributed by atoms with van der Waals surface area (Å²) in [5.74, 6) is 0.258. The Bertz CT molecular complexity index is 3100. The molecule has 19 heteroatoms. The van der Waals surface area contributed by atoms with Gasteiger partial charge < -0.3 is 30.3 Å². The van der Waals surface area contributed by atoms with Crippen molar-refractivity contribution in [3.8, 4) is 39.7 Å². The number of aromatic nitrogens is 4. The fourth-order valence-electron chi connectivity index (χ4n) is 7.07. The Labute approximate surface area is 462 Å². The molecule has 0 saturated carbocycles. The van der Waals surface area contributed by atoms with Crippen LogP contribution in [0.4, 0.5) is 30.2 Å². The number of isothiocyanates is 1. The molecule has 7 aromatic rings. The molecule has 0 spiro atoms. The minimum Gasteiger partial charge on any atom is -0.753 e. The summed E-state index contributed by atoms with van der Waals surface area (Å²) in [7, 11) is 0. The molecule has 3 aromatic carbocycles. The van der Waals surface area contributed by atoms with Gasteiger partial charge in [-0.05, 0) is 124 Å². The largest absolute Gasteiger partial charge is 2.00 e. The van der Waals surface area contributed by atoms with Gasteiger partial charge in [0.25, 0.3) is 19.4 Å². The van der Waals surface area contributed by atoms with Crippen molar-refractivity contribution >= 4 is 77.4 Å². The summed E-state index contributed by atoms with van der Waals surface area (Å²) in [6, 6.07) is 38.5. The number of carbonyl (C=O) groups excluding carboxylic acids is 3. The van der Waals surface area contributed by atoms with Gasteiger partial charge in [0.05, 0.1) is 35.3 Å². The van der Waals surface area contributed by atoms with Crippen LogP contribution in [0, 0.1) is 5.41 Å². The van der Waals surface area contributed by atoms with Crippen LogP contribution in [-0.2, 0) is 54.2 Å². The van der Waals surface area contributed by atoms with E-state index in [2.05, 4.69) is 137 Å². The summed E-state index contributed by atoms with van der Waals surface area (Å²) >= 11 is 3.70. The standard InChI is InChI=1S/C35H36F3N4.C22H15N3O6.CNS.Ru/c1-33(2,3)25-10-16-28(17-11-25)42(29-18-12-26(13-19-29)34(4,5)6)27-14-7-23(8-15-27)24-9-20-31(41-22-24)30(39)21-32(40)35(36,37)38;26-13-29-7-3-16-1-5-23-19(9-16)21-11-18(31-15-28)12-22(25-21)20-10-17(2-6-24-20)4-8-30-14-27;2-1-3;/h7-22,39-40H,1-6H3;1-15H;;/q-1;;-1;+2/b30-21-,40-32?;7-3+,8-4+;;. The molecule has 0 fully saturated rings. The molecular weight excluding hydrogens is 1090 g/mol. The Morgan fingerprint density at radius 3 is 1.44 bits per heavy atom. The predicted octanol–water partition coefficient (Wildman–Crippen LogP) is 14.5. The minimum atomic E-state index is -4.80. The van der Waals surface area contributed by atoms with Crippen LogP contribution in [0.15, 0.2) is 159 Å². The minimum absolute atomic E-state index is 0.